The number of likely N-dealkylation sites (tertiary alicyclic amines) is 1. The van der Waals surface area contributed by atoms with Gasteiger partial charge in [-0.1, -0.05) is 37.3 Å². The van der Waals surface area contributed by atoms with Gasteiger partial charge >= 0.3 is 5.97 Å². The second-order valence-corrected chi connectivity index (χ2v) is 6.24. The number of hydrogen-bond donors (Lipinski definition) is 1. The average molecular weight is 319 g/mol. The van der Waals surface area contributed by atoms with Gasteiger partial charge in [-0.25, -0.2) is 0 Å². The molecule has 0 aromatic heterocycles. The minimum Gasteiger partial charge on any atom is -0.481 e. The molecule has 3 unspecified atom stereocenters. The maximum Gasteiger partial charge on any atom is 0.305 e. The fraction of sp³-hybridized carbons (Fsp3) is 0.556. The zero-order chi connectivity index (χ0) is 16.8. The van der Waals surface area contributed by atoms with E-state index < -0.39 is 5.97 Å². The Bertz CT molecular complexity index is 531. The van der Waals surface area contributed by atoms with Gasteiger partial charge in [-0.2, -0.15) is 0 Å². The Labute approximate surface area is 137 Å². The second kappa shape index (κ2) is 8.11. The van der Waals surface area contributed by atoms with E-state index >= 15 is 0 Å². The molecule has 0 aliphatic carbocycles. The van der Waals surface area contributed by atoms with Crippen molar-refractivity contribution in [2.75, 3.05) is 13.7 Å². The van der Waals surface area contributed by atoms with Gasteiger partial charge in [0, 0.05) is 26.1 Å². The van der Waals surface area contributed by atoms with E-state index in [-0.39, 0.29) is 24.5 Å². The molecule has 2 rings (SSSR count). The number of amides is 1. The normalized spacial score (nSPS) is 22.1. The van der Waals surface area contributed by atoms with Gasteiger partial charge in [-0.15, -0.1) is 0 Å². The molecule has 5 nitrogen and oxygen atoms in total. The minimum absolute atomic E-state index is 0.0140. The summed E-state index contributed by atoms with van der Waals surface area (Å²) in [4.78, 5) is 25.2. The second-order valence-electron chi connectivity index (χ2n) is 6.24. The first kappa shape index (κ1) is 17.5. The molecule has 1 amide bonds. The van der Waals surface area contributed by atoms with Gasteiger partial charge < -0.3 is 14.7 Å². The number of hydrogen-bond acceptors (Lipinski definition) is 3. The molecule has 1 N–H and O–H groups in total. The lowest BCUT2D eigenvalue weighted by atomic mass is 9.96. The number of carbonyl (C=O) groups excluding carboxylic acids is 1. The van der Waals surface area contributed by atoms with Crippen LogP contribution < -0.4 is 0 Å². The summed E-state index contributed by atoms with van der Waals surface area (Å²) in [5.74, 6) is -0.542. The quantitative estimate of drug-likeness (QED) is 0.839. The van der Waals surface area contributed by atoms with Gasteiger partial charge in [0.05, 0.1) is 12.5 Å². The lowest BCUT2D eigenvalue weighted by Gasteiger charge is -2.24. The molecule has 1 fully saturated rings. The minimum atomic E-state index is -0.873. The molecule has 0 bridgehead atoms. The largest absolute Gasteiger partial charge is 0.481 e. The predicted octanol–water partition coefficient (Wildman–Crippen LogP) is 2.66. The molecule has 1 saturated heterocycles. The number of carboxylic acid groups (broad SMARTS) is 1. The van der Waals surface area contributed by atoms with Crippen molar-refractivity contribution in [3.8, 4) is 0 Å². The van der Waals surface area contributed by atoms with E-state index in [9.17, 15) is 9.59 Å². The third kappa shape index (κ3) is 4.79. The van der Waals surface area contributed by atoms with E-state index in [0.29, 0.717) is 25.3 Å². The molecular formula is C18H25NO4. The summed E-state index contributed by atoms with van der Waals surface area (Å²) in [6.07, 6.45) is 1.72. The third-order valence-corrected chi connectivity index (χ3v) is 4.60. The number of aliphatic carboxylic acids is 1. The molecule has 3 atom stereocenters. The van der Waals surface area contributed by atoms with Gasteiger partial charge in [0.25, 0.3) is 0 Å². The van der Waals surface area contributed by atoms with Crippen LogP contribution in [0.2, 0.25) is 0 Å². The van der Waals surface area contributed by atoms with Crippen LogP contribution in [0.5, 0.6) is 0 Å². The fourth-order valence-corrected chi connectivity index (χ4v) is 3.18. The van der Waals surface area contributed by atoms with Crippen LogP contribution in [-0.2, 0) is 14.3 Å². The average Bonchev–Trinajstić information content (AvgIpc) is 2.95. The zero-order valence-electron chi connectivity index (χ0n) is 13.8. The molecule has 0 radical (unpaired) electrons. The highest BCUT2D eigenvalue weighted by Gasteiger charge is 2.36. The van der Waals surface area contributed by atoms with Crippen molar-refractivity contribution in [3.63, 3.8) is 0 Å². The molecule has 5 heteroatoms. The Kier molecular flexibility index (Phi) is 6.16. The maximum atomic E-state index is 12.5. The van der Waals surface area contributed by atoms with Gasteiger partial charge in [0.15, 0.2) is 0 Å². The first-order chi connectivity index (χ1) is 11.0. The van der Waals surface area contributed by atoms with Gasteiger partial charge in [-0.3, -0.25) is 9.59 Å². The Morgan fingerprint density at radius 1 is 1.35 bits per heavy atom. The molecular weight excluding hydrogens is 294 g/mol. The van der Waals surface area contributed by atoms with Crippen molar-refractivity contribution in [1.82, 2.24) is 4.90 Å². The highest BCUT2D eigenvalue weighted by atomic mass is 16.5. The monoisotopic (exact) mass is 319 g/mol. The molecule has 1 aromatic carbocycles. The molecule has 1 aliphatic heterocycles. The van der Waals surface area contributed by atoms with Crippen LogP contribution in [0.25, 0.3) is 0 Å². The van der Waals surface area contributed by atoms with Crippen molar-refractivity contribution >= 4 is 11.9 Å². The molecule has 0 saturated carbocycles. The number of benzene rings is 1. The standard InChI is InChI=1S/C18H25NO4/c1-13(14-6-4-3-5-7-14)8-9-17(20)19-12-16(23-2)10-15(19)11-18(21)22/h3-7,13,15-16H,8-12H2,1-2H3,(H,21,22). The highest BCUT2D eigenvalue weighted by molar-refractivity contribution is 5.78. The summed E-state index contributed by atoms with van der Waals surface area (Å²) in [6.45, 7) is 2.60. The van der Waals surface area contributed by atoms with Crippen LogP contribution in [0.4, 0.5) is 0 Å². The first-order valence-corrected chi connectivity index (χ1v) is 8.10. The van der Waals surface area contributed by atoms with E-state index in [4.69, 9.17) is 9.84 Å². The van der Waals surface area contributed by atoms with E-state index in [0.717, 1.165) is 6.42 Å². The maximum absolute atomic E-state index is 12.5. The summed E-state index contributed by atoms with van der Waals surface area (Å²) >= 11 is 0. The summed E-state index contributed by atoms with van der Waals surface area (Å²) in [5.41, 5.74) is 1.22. The highest BCUT2D eigenvalue weighted by Crippen LogP contribution is 2.26. The van der Waals surface area contributed by atoms with Crippen molar-refractivity contribution in [1.29, 1.82) is 0 Å². The van der Waals surface area contributed by atoms with E-state index in [1.54, 1.807) is 12.0 Å². The number of methoxy groups -OCH3 is 1. The molecule has 0 spiro atoms. The van der Waals surface area contributed by atoms with Gasteiger partial charge in [0.2, 0.25) is 5.91 Å². The summed E-state index contributed by atoms with van der Waals surface area (Å²) in [5, 5.41) is 9.02. The summed E-state index contributed by atoms with van der Waals surface area (Å²) in [7, 11) is 1.61. The molecule has 23 heavy (non-hydrogen) atoms. The van der Waals surface area contributed by atoms with Crippen LogP contribution in [0.15, 0.2) is 30.3 Å². The summed E-state index contributed by atoms with van der Waals surface area (Å²) < 4.78 is 5.31. The van der Waals surface area contributed by atoms with Crippen LogP contribution in [0, 0.1) is 0 Å². The molecule has 1 aromatic rings. The Balaban J connectivity index is 1.91. The summed E-state index contributed by atoms with van der Waals surface area (Å²) in [6, 6.07) is 9.86. The fourth-order valence-electron chi connectivity index (χ4n) is 3.18. The van der Waals surface area contributed by atoms with E-state index in [1.807, 2.05) is 18.2 Å². The van der Waals surface area contributed by atoms with E-state index in [1.165, 1.54) is 5.56 Å². The molecule has 1 aliphatic rings. The van der Waals surface area contributed by atoms with Crippen LogP contribution >= 0.6 is 0 Å². The van der Waals surface area contributed by atoms with Crippen LogP contribution in [-0.4, -0.2) is 47.7 Å². The predicted molar refractivity (Wildman–Crippen MR) is 87.3 cm³/mol. The number of carbonyl (C=O) groups is 2. The van der Waals surface area contributed by atoms with E-state index in [2.05, 4.69) is 19.1 Å². The first-order valence-electron chi connectivity index (χ1n) is 8.10. The number of ether oxygens (including phenoxy) is 1. The smallest absolute Gasteiger partial charge is 0.305 e. The van der Waals surface area contributed by atoms with Crippen molar-refractivity contribution in [2.45, 2.75) is 50.7 Å². The van der Waals surface area contributed by atoms with Crippen LogP contribution in [0.3, 0.4) is 0 Å². The third-order valence-electron chi connectivity index (χ3n) is 4.60. The van der Waals surface area contributed by atoms with Crippen molar-refractivity contribution in [3.05, 3.63) is 35.9 Å². The zero-order valence-corrected chi connectivity index (χ0v) is 13.8. The topological polar surface area (TPSA) is 66.8 Å². The van der Waals surface area contributed by atoms with Gasteiger partial charge in [-0.05, 0) is 24.3 Å². The molecule has 126 valence electrons. The van der Waals surface area contributed by atoms with Crippen molar-refractivity contribution < 1.29 is 19.4 Å². The number of rotatable bonds is 7. The Morgan fingerprint density at radius 2 is 2.04 bits per heavy atom. The number of carboxylic acids is 1. The van der Waals surface area contributed by atoms with Crippen molar-refractivity contribution in [2.24, 2.45) is 0 Å². The van der Waals surface area contributed by atoms with Crippen LogP contribution in [0.1, 0.15) is 44.1 Å². The molecule has 1 heterocycles. The Morgan fingerprint density at radius 3 is 2.65 bits per heavy atom. The van der Waals surface area contributed by atoms with Gasteiger partial charge in [0.1, 0.15) is 0 Å². The lowest BCUT2D eigenvalue weighted by Crippen LogP contribution is -2.37. The number of nitrogens with zero attached hydrogens (tertiary/aromatic N) is 1. The lowest BCUT2D eigenvalue weighted by molar-refractivity contribution is -0.140. The SMILES string of the molecule is COC1CC(CC(=O)O)N(C(=O)CCC(C)c2ccccc2)C1. The Hall–Kier alpha value is -1.88.